The highest BCUT2D eigenvalue weighted by molar-refractivity contribution is 9.11. The number of carboxylic acid groups (broad SMARTS) is 1. The molecule has 96 valence electrons. The Bertz CT molecular complexity index is 376. The van der Waals surface area contributed by atoms with Crippen LogP contribution in [0.3, 0.4) is 0 Å². The van der Waals surface area contributed by atoms with Crippen LogP contribution in [0.5, 0.6) is 0 Å². The second-order valence-electron chi connectivity index (χ2n) is 4.64. The predicted molar refractivity (Wildman–Crippen MR) is 74.6 cm³/mol. The number of carboxylic acids is 1. The molecule has 0 aliphatic heterocycles. The van der Waals surface area contributed by atoms with Crippen molar-refractivity contribution >= 4 is 33.2 Å². The summed E-state index contributed by atoms with van der Waals surface area (Å²) in [5, 5.41) is 12.2. The first-order valence-corrected chi connectivity index (χ1v) is 7.21. The Morgan fingerprint density at radius 2 is 2.18 bits per heavy atom. The van der Waals surface area contributed by atoms with Gasteiger partial charge in [0, 0.05) is 4.88 Å². The maximum absolute atomic E-state index is 10.9. The normalized spacial score (nSPS) is 11.7. The van der Waals surface area contributed by atoms with Crippen LogP contribution in [0.4, 0.5) is 0 Å². The fraction of sp³-hybridized carbons (Fsp3) is 0.583. The smallest absolute Gasteiger partial charge is 0.309 e. The van der Waals surface area contributed by atoms with Gasteiger partial charge in [-0.25, -0.2) is 0 Å². The Morgan fingerprint density at radius 1 is 1.47 bits per heavy atom. The molecule has 0 atom stereocenters. The first-order chi connectivity index (χ1) is 7.92. The van der Waals surface area contributed by atoms with Crippen LogP contribution in [0.15, 0.2) is 15.9 Å². The minimum Gasteiger partial charge on any atom is -0.481 e. The summed E-state index contributed by atoms with van der Waals surface area (Å²) in [6.45, 7) is 5.15. The number of thiophene rings is 1. The molecule has 0 aliphatic carbocycles. The summed E-state index contributed by atoms with van der Waals surface area (Å²) in [4.78, 5) is 12.2. The van der Waals surface area contributed by atoms with E-state index in [2.05, 4.69) is 27.3 Å². The Morgan fingerprint density at radius 3 is 2.71 bits per heavy atom. The lowest BCUT2D eigenvalue weighted by Crippen LogP contribution is -2.29. The molecule has 3 nitrogen and oxygen atoms in total. The van der Waals surface area contributed by atoms with Crippen LogP contribution in [0.1, 0.15) is 25.1 Å². The van der Waals surface area contributed by atoms with E-state index in [0.29, 0.717) is 6.42 Å². The molecular weight excluding hydrogens is 302 g/mol. The highest BCUT2D eigenvalue weighted by Gasteiger charge is 2.25. The molecule has 1 aromatic heterocycles. The molecule has 0 unspecified atom stereocenters. The minimum absolute atomic E-state index is 0.640. The lowest BCUT2D eigenvalue weighted by atomic mass is 9.90. The molecule has 17 heavy (non-hydrogen) atoms. The first-order valence-electron chi connectivity index (χ1n) is 5.60. The number of hydrogen-bond donors (Lipinski definition) is 2. The van der Waals surface area contributed by atoms with Crippen molar-refractivity contribution in [2.24, 2.45) is 5.41 Å². The van der Waals surface area contributed by atoms with Crippen molar-refractivity contribution < 1.29 is 9.90 Å². The molecule has 5 heteroatoms. The van der Waals surface area contributed by atoms with Gasteiger partial charge in [0.25, 0.3) is 0 Å². The van der Waals surface area contributed by atoms with E-state index in [9.17, 15) is 4.79 Å². The monoisotopic (exact) mass is 319 g/mol. The van der Waals surface area contributed by atoms with Crippen LogP contribution in [0.2, 0.25) is 0 Å². The molecule has 0 saturated heterocycles. The van der Waals surface area contributed by atoms with Crippen molar-refractivity contribution in [2.45, 2.75) is 26.7 Å². The van der Waals surface area contributed by atoms with E-state index in [-0.39, 0.29) is 0 Å². The standard InChI is InChI=1S/C12H18BrNO2S/c1-12(2,11(15)16)6-8-14-7-5-9-3-4-10(13)17-9/h3-4,14H,5-8H2,1-2H3,(H,15,16). The zero-order chi connectivity index (χ0) is 12.9. The van der Waals surface area contributed by atoms with Gasteiger partial charge in [-0.05, 0) is 67.8 Å². The third kappa shape index (κ3) is 5.19. The molecule has 0 spiro atoms. The van der Waals surface area contributed by atoms with Gasteiger partial charge in [0.1, 0.15) is 0 Å². The SMILES string of the molecule is CC(C)(CCNCCc1ccc(Br)s1)C(=O)O. The fourth-order valence-corrected chi connectivity index (χ4v) is 2.81. The number of carbonyl (C=O) groups is 1. The van der Waals surface area contributed by atoms with Gasteiger partial charge in [0.05, 0.1) is 9.20 Å². The molecule has 2 N–H and O–H groups in total. The second kappa shape index (κ2) is 6.52. The van der Waals surface area contributed by atoms with Crippen molar-refractivity contribution in [3.63, 3.8) is 0 Å². The van der Waals surface area contributed by atoms with E-state index in [4.69, 9.17) is 5.11 Å². The number of rotatable bonds is 7. The molecule has 0 aromatic carbocycles. The van der Waals surface area contributed by atoms with E-state index in [0.717, 1.165) is 23.3 Å². The lowest BCUT2D eigenvalue weighted by Gasteiger charge is -2.18. The van der Waals surface area contributed by atoms with Gasteiger partial charge in [-0.1, -0.05) is 0 Å². The van der Waals surface area contributed by atoms with E-state index in [1.165, 1.54) is 4.88 Å². The van der Waals surface area contributed by atoms with E-state index in [1.807, 2.05) is 6.07 Å². The molecule has 1 aromatic rings. The van der Waals surface area contributed by atoms with Crippen LogP contribution >= 0.6 is 27.3 Å². The van der Waals surface area contributed by atoms with Gasteiger partial charge in [-0.3, -0.25) is 4.79 Å². The summed E-state index contributed by atoms with van der Waals surface area (Å²) in [7, 11) is 0. The van der Waals surface area contributed by atoms with E-state index in [1.54, 1.807) is 25.2 Å². The molecule has 1 heterocycles. The first kappa shape index (κ1) is 14.7. The molecule has 0 radical (unpaired) electrons. The van der Waals surface area contributed by atoms with Crippen LogP contribution in [-0.2, 0) is 11.2 Å². The van der Waals surface area contributed by atoms with Gasteiger partial charge >= 0.3 is 5.97 Å². The number of aliphatic carboxylic acids is 1. The summed E-state index contributed by atoms with van der Waals surface area (Å²) in [5.41, 5.74) is -0.640. The number of nitrogens with one attached hydrogen (secondary N) is 1. The van der Waals surface area contributed by atoms with E-state index >= 15 is 0 Å². The van der Waals surface area contributed by atoms with Gasteiger partial charge in [0.15, 0.2) is 0 Å². The van der Waals surface area contributed by atoms with Gasteiger partial charge in [0.2, 0.25) is 0 Å². The third-order valence-electron chi connectivity index (χ3n) is 2.68. The highest BCUT2D eigenvalue weighted by Crippen LogP contribution is 2.22. The molecule has 1 rings (SSSR count). The Kier molecular flexibility index (Phi) is 5.62. The lowest BCUT2D eigenvalue weighted by molar-refractivity contribution is -0.147. The second-order valence-corrected chi connectivity index (χ2v) is 7.19. The van der Waals surface area contributed by atoms with Gasteiger partial charge in [-0.15, -0.1) is 11.3 Å². The topological polar surface area (TPSA) is 49.3 Å². The predicted octanol–water partition coefficient (Wildman–Crippen LogP) is 3.14. The largest absolute Gasteiger partial charge is 0.481 e. The maximum atomic E-state index is 10.9. The average molecular weight is 320 g/mol. The van der Waals surface area contributed by atoms with Crippen molar-refractivity contribution in [3.8, 4) is 0 Å². The third-order valence-corrected chi connectivity index (χ3v) is 4.37. The van der Waals surface area contributed by atoms with Gasteiger partial charge < -0.3 is 10.4 Å². The zero-order valence-corrected chi connectivity index (χ0v) is 12.5. The van der Waals surface area contributed by atoms with Crippen molar-refractivity contribution in [2.75, 3.05) is 13.1 Å². The molecule has 0 amide bonds. The Hall–Kier alpha value is -0.390. The number of halogens is 1. The molecule has 0 saturated carbocycles. The van der Waals surface area contributed by atoms with Crippen LogP contribution < -0.4 is 5.32 Å². The van der Waals surface area contributed by atoms with Crippen molar-refractivity contribution in [1.29, 1.82) is 0 Å². The zero-order valence-electron chi connectivity index (χ0n) is 10.1. The number of hydrogen-bond acceptors (Lipinski definition) is 3. The molecule has 0 aliphatic rings. The minimum atomic E-state index is -0.735. The Labute approximate surface area is 114 Å². The van der Waals surface area contributed by atoms with Crippen LogP contribution in [-0.4, -0.2) is 24.2 Å². The molecule has 0 fully saturated rings. The summed E-state index contributed by atoms with van der Waals surface area (Å²) in [6, 6.07) is 4.16. The maximum Gasteiger partial charge on any atom is 0.309 e. The summed E-state index contributed by atoms with van der Waals surface area (Å²) < 4.78 is 1.15. The average Bonchev–Trinajstić information content (AvgIpc) is 2.63. The summed E-state index contributed by atoms with van der Waals surface area (Å²) >= 11 is 5.17. The van der Waals surface area contributed by atoms with Crippen molar-refractivity contribution in [3.05, 3.63) is 20.8 Å². The van der Waals surface area contributed by atoms with Crippen molar-refractivity contribution in [1.82, 2.24) is 5.32 Å². The molecular formula is C12H18BrNO2S. The fourth-order valence-electron chi connectivity index (χ4n) is 1.33. The Balaban J connectivity index is 2.15. The van der Waals surface area contributed by atoms with Crippen LogP contribution in [0.25, 0.3) is 0 Å². The van der Waals surface area contributed by atoms with Crippen LogP contribution in [0, 0.1) is 5.41 Å². The summed E-state index contributed by atoms with van der Waals surface area (Å²) in [5.74, 6) is -0.735. The highest BCUT2D eigenvalue weighted by atomic mass is 79.9. The van der Waals surface area contributed by atoms with E-state index < -0.39 is 11.4 Å². The van der Waals surface area contributed by atoms with Gasteiger partial charge in [-0.2, -0.15) is 0 Å². The summed E-state index contributed by atoms with van der Waals surface area (Å²) in [6.07, 6.45) is 1.64. The quantitative estimate of drug-likeness (QED) is 0.759. The molecule has 0 bridgehead atoms.